The quantitative estimate of drug-likeness (QED) is 0.487. The highest BCUT2D eigenvalue weighted by molar-refractivity contribution is 6.32. The van der Waals surface area contributed by atoms with Crippen molar-refractivity contribution in [3.63, 3.8) is 0 Å². The maximum atomic E-state index is 12.4. The molecule has 0 saturated carbocycles. The van der Waals surface area contributed by atoms with Gasteiger partial charge in [0.1, 0.15) is 11.5 Å². The zero-order valence-electron chi connectivity index (χ0n) is 12.5. The molecular weight excluding hydrogens is 320 g/mol. The van der Waals surface area contributed by atoms with Gasteiger partial charge in [-0.1, -0.05) is 11.6 Å². The summed E-state index contributed by atoms with van der Waals surface area (Å²) in [5, 5.41) is 0.169. The molecule has 0 unspecified atom stereocenters. The van der Waals surface area contributed by atoms with E-state index in [1.54, 1.807) is 12.1 Å². The monoisotopic (exact) mass is 332 g/mol. The Bertz CT molecular complexity index is 765. The minimum Gasteiger partial charge on any atom is -0.427 e. The number of ether oxygens (including phenoxy) is 2. The third-order valence-corrected chi connectivity index (χ3v) is 3.12. The fourth-order valence-electron chi connectivity index (χ4n) is 1.89. The Morgan fingerprint density at radius 1 is 0.826 bits per heavy atom. The van der Waals surface area contributed by atoms with Crippen LogP contribution in [-0.2, 0) is 9.59 Å². The van der Waals surface area contributed by atoms with E-state index in [0.717, 1.165) is 0 Å². The molecule has 0 aliphatic heterocycles. The van der Waals surface area contributed by atoms with Crippen molar-refractivity contribution < 1.29 is 23.9 Å². The molecule has 5 nitrogen and oxygen atoms in total. The minimum atomic E-state index is -0.493. The molecule has 0 amide bonds. The molecular formula is C17H13ClO5. The van der Waals surface area contributed by atoms with Crippen LogP contribution >= 0.6 is 11.6 Å². The predicted octanol–water partition coefficient (Wildman–Crippen LogP) is 3.42. The Balaban J connectivity index is 2.21. The van der Waals surface area contributed by atoms with Crippen LogP contribution in [0.4, 0.5) is 0 Å². The fraction of sp³-hybridized carbons (Fsp3) is 0.118. The van der Waals surface area contributed by atoms with E-state index in [9.17, 15) is 14.4 Å². The molecule has 2 rings (SSSR count). The van der Waals surface area contributed by atoms with E-state index in [2.05, 4.69) is 0 Å². The molecule has 0 radical (unpaired) electrons. The molecule has 23 heavy (non-hydrogen) atoms. The van der Waals surface area contributed by atoms with Crippen molar-refractivity contribution in [3.8, 4) is 11.5 Å². The zero-order valence-corrected chi connectivity index (χ0v) is 13.2. The molecule has 2 aromatic carbocycles. The number of carbonyl (C=O) groups excluding carboxylic acids is 3. The van der Waals surface area contributed by atoms with Crippen LogP contribution in [0.2, 0.25) is 5.02 Å². The summed E-state index contributed by atoms with van der Waals surface area (Å²) < 4.78 is 9.81. The summed E-state index contributed by atoms with van der Waals surface area (Å²) in [6.45, 7) is 2.56. The van der Waals surface area contributed by atoms with Gasteiger partial charge in [0, 0.05) is 25.0 Å². The predicted molar refractivity (Wildman–Crippen MR) is 83.9 cm³/mol. The van der Waals surface area contributed by atoms with Crippen LogP contribution in [0.5, 0.6) is 11.5 Å². The number of hydrogen-bond donors (Lipinski definition) is 0. The average Bonchev–Trinajstić information content (AvgIpc) is 2.48. The Morgan fingerprint density at radius 2 is 1.39 bits per heavy atom. The van der Waals surface area contributed by atoms with Gasteiger partial charge >= 0.3 is 11.9 Å². The first kappa shape index (κ1) is 16.7. The molecule has 0 spiro atoms. The van der Waals surface area contributed by atoms with E-state index in [-0.39, 0.29) is 16.6 Å². The SMILES string of the molecule is CC(=O)Oc1ccc(C(=O)c2ccc(OC(C)=O)c(Cl)c2)cc1. The van der Waals surface area contributed by atoms with Crippen LogP contribution in [0.25, 0.3) is 0 Å². The highest BCUT2D eigenvalue weighted by atomic mass is 35.5. The topological polar surface area (TPSA) is 69.7 Å². The van der Waals surface area contributed by atoms with Gasteiger partial charge in [0.2, 0.25) is 0 Å². The van der Waals surface area contributed by atoms with E-state index < -0.39 is 11.9 Å². The van der Waals surface area contributed by atoms with Crippen molar-refractivity contribution in [1.82, 2.24) is 0 Å². The van der Waals surface area contributed by atoms with Crippen LogP contribution in [0.15, 0.2) is 42.5 Å². The van der Waals surface area contributed by atoms with Crippen molar-refractivity contribution in [1.29, 1.82) is 0 Å². The number of benzene rings is 2. The summed E-state index contributed by atoms with van der Waals surface area (Å²) in [6, 6.07) is 10.6. The van der Waals surface area contributed by atoms with Gasteiger partial charge in [-0.25, -0.2) is 0 Å². The van der Waals surface area contributed by atoms with Gasteiger partial charge in [-0.05, 0) is 42.5 Å². The minimum absolute atomic E-state index is 0.169. The van der Waals surface area contributed by atoms with Crippen molar-refractivity contribution in [2.75, 3.05) is 0 Å². The second-order valence-electron chi connectivity index (χ2n) is 4.69. The normalized spacial score (nSPS) is 10.0. The van der Waals surface area contributed by atoms with Gasteiger partial charge in [0.05, 0.1) is 5.02 Å². The lowest BCUT2D eigenvalue weighted by Crippen LogP contribution is -2.05. The van der Waals surface area contributed by atoms with Gasteiger partial charge in [0.25, 0.3) is 0 Å². The summed E-state index contributed by atoms with van der Waals surface area (Å²) >= 11 is 6.00. The molecule has 0 bridgehead atoms. The van der Waals surface area contributed by atoms with Crippen molar-refractivity contribution in [2.45, 2.75) is 13.8 Å². The van der Waals surface area contributed by atoms with Crippen molar-refractivity contribution in [3.05, 3.63) is 58.6 Å². The van der Waals surface area contributed by atoms with Gasteiger partial charge in [-0.2, -0.15) is 0 Å². The van der Waals surface area contributed by atoms with Crippen LogP contribution in [0.1, 0.15) is 29.8 Å². The lowest BCUT2D eigenvalue weighted by molar-refractivity contribution is -0.132. The third-order valence-electron chi connectivity index (χ3n) is 2.83. The number of halogens is 1. The number of rotatable bonds is 4. The molecule has 0 saturated heterocycles. The first-order chi connectivity index (χ1) is 10.9. The average molecular weight is 333 g/mol. The van der Waals surface area contributed by atoms with Crippen LogP contribution in [-0.4, -0.2) is 17.7 Å². The second-order valence-corrected chi connectivity index (χ2v) is 5.09. The van der Waals surface area contributed by atoms with E-state index in [1.807, 2.05) is 0 Å². The van der Waals surface area contributed by atoms with Crippen molar-refractivity contribution >= 4 is 29.3 Å². The maximum Gasteiger partial charge on any atom is 0.308 e. The largest absolute Gasteiger partial charge is 0.427 e. The maximum absolute atomic E-state index is 12.4. The second kappa shape index (κ2) is 7.07. The highest BCUT2D eigenvalue weighted by Gasteiger charge is 2.13. The first-order valence-corrected chi connectivity index (χ1v) is 7.06. The van der Waals surface area contributed by atoms with Crippen LogP contribution in [0, 0.1) is 0 Å². The molecule has 0 N–H and O–H groups in total. The molecule has 0 atom stereocenters. The van der Waals surface area contributed by atoms with E-state index >= 15 is 0 Å². The molecule has 0 aromatic heterocycles. The number of ketones is 1. The molecule has 0 aliphatic rings. The summed E-state index contributed by atoms with van der Waals surface area (Å²) in [5.74, 6) is -0.627. The Morgan fingerprint density at radius 3 is 1.91 bits per heavy atom. The van der Waals surface area contributed by atoms with E-state index in [0.29, 0.717) is 16.9 Å². The third kappa shape index (κ3) is 4.40. The molecule has 118 valence electrons. The number of esters is 2. The number of hydrogen-bond acceptors (Lipinski definition) is 5. The number of carbonyl (C=O) groups is 3. The van der Waals surface area contributed by atoms with Crippen LogP contribution in [0.3, 0.4) is 0 Å². The summed E-state index contributed by atoms with van der Waals surface area (Å²) in [4.78, 5) is 34.2. The lowest BCUT2D eigenvalue weighted by atomic mass is 10.0. The van der Waals surface area contributed by atoms with Gasteiger partial charge in [-0.3, -0.25) is 14.4 Å². The lowest BCUT2D eigenvalue weighted by Gasteiger charge is -2.07. The first-order valence-electron chi connectivity index (χ1n) is 6.68. The molecule has 2 aromatic rings. The zero-order chi connectivity index (χ0) is 17.0. The van der Waals surface area contributed by atoms with Gasteiger partial charge < -0.3 is 9.47 Å². The van der Waals surface area contributed by atoms with Crippen molar-refractivity contribution in [2.24, 2.45) is 0 Å². The molecule has 0 aliphatic carbocycles. The summed E-state index contributed by atoms with van der Waals surface area (Å²) in [5.41, 5.74) is 0.767. The fourth-order valence-corrected chi connectivity index (χ4v) is 2.11. The highest BCUT2D eigenvalue weighted by Crippen LogP contribution is 2.27. The molecule has 0 fully saturated rings. The molecule has 0 heterocycles. The standard InChI is InChI=1S/C17H13ClO5/c1-10(19)22-14-6-3-12(4-7-14)17(21)13-5-8-16(15(18)9-13)23-11(2)20/h3-9H,1-2H3. The smallest absolute Gasteiger partial charge is 0.308 e. The summed E-state index contributed by atoms with van der Waals surface area (Å²) in [7, 11) is 0. The van der Waals surface area contributed by atoms with Gasteiger partial charge in [0.15, 0.2) is 5.78 Å². The van der Waals surface area contributed by atoms with E-state index in [1.165, 1.54) is 44.2 Å². The van der Waals surface area contributed by atoms with Gasteiger partial charge in [-0.15, -0.1) is 0 Å². The Hall–Kier alpha value is -2.66. The Kier molecular flexibility index (Phi) is 5.13. The van der Waals surface area contributed by atoms with Crippen LogP contribution < -0.4 is 9.47 Å². The van der Waals surface area contributed by atoms with E-state index in [4.69, 9.17) is 21.1 Å². The molecule has 6 heteroatoms. The Labute approximate surface area is 137 Å². The summed E-state index contributed by atoms with van der Waals surface area (Å²) in [6.07, 6.45) is 0.